The fraction of sp³-hybridized carbons (Fsp3) is 0.733. The van der Waals surface area contributed by atoms with Crippen molar-refractivity contribution >= 4 is 11.6 Å². The molecule has 0 aromatic carbocycles. The number of rotatable bonds is 5. The molecule has 0 saturated carbocycles. The van der Waals surface area contributed by atoms with E-state index in [9.17, 15) is 9.59 Å². The minimum absolute atomic E-state index is 0.125. The van der Waals surface area contributed by atoms with Crippen LogP contribution >= 0.6 is 0 Å². The summed E-state index contributed by atoms with van der Waals surface area (Å²) in [6.07, 6.45) is 4.65. The Morgan fingerprint density at radius 2 is 1.53 bits per heavy atom. The van der Waals surface area contributed by atoms with E-state index < -0.39 is 0 Å². The van der Waals surface area contributed by atoms with Crippen molar-refractivity contribution in [3.8, 4) is 0 Å². The Morgan fingerprint density at radius 3 is 1.71 bits per heavy atom. The highest BCUT2D eigenvalue weighted by atomic mass is 16.1. The Bertz CT molecular complexity index is 269. The van der Waals surface area contributed by atoms with Gasteiger partial charge >= 0.3 is 0 Å². The lowest BCUT2D eigenvalue weighted by Crippen LogP contribution is -2.14. The monoisotopic (exact) mass is 240 g/mol. The van der Waals surface area contributed by atoms with E-state index in [0.717, 1.165) is 18.4 Å². The Labute approximate surface area is 106 Å². The second kappa shape index (κ2) is 9.15. The van der Waals surface area contributed by atoms with E-state index in [1.165, 1.54) is 6.42 Å². The summed E-state index contributed by atoms with van der Waals surface area (Å²) in [6, 6.07) is 0. The Balaban J connectivity index is 0. The van der Waals surface area contributed by atoms with Crippen molar-refractivity contribution < 1.29 is 9.59 Å². The zero-order valence-electron chi connectivity index (χ0n) is 12.5. The number of ketones is 2. The first-order valence-corrected chi connectivity index (χ1v) is 6.25. The first kappa shape index (κ1) is 18.4. The van der Waals surface area contributed by atoms with E-state index in [2.05, 4.69) is 20.8 Å². The molecule has 0 unspecified atom stereocenters. The van der Waals surface area contributed by atoms with Crippen LogP contribution in [0.3, 0.4) is 0 Å². The predicted molar refractivity (Wildman–Crippen MR) is 74.1 cm³/mol. The van der Waals surface area contributed by atoms with Gasteiger partial charge in [0.2, 0.25) is 0 Å². The molecule has 0 aliphatic rings. The molecule has 2 heteroatoms. The van der Waals surface area contributed by atoms with Crippen LogP contribution < -0.4 is 0 Å². The summed E-state index contributed by atoms with van der Waals surface area (Å²) in [5.74, 6) is 0.429. The van der Waals surface area contributed by atoms with Gasteiger partial charge in [-0.1, -0.05) is 32.8 Å². The summed E-state index contributed by atoms with van der Waals surface area (Å²) in [7, 11) is 0. The SMILES string of the molecule is CC(=O)C=C(C)C.CCCC(C)(C)CC(C)=O. The molecule has 0 saturated heterocycles. The van der Waals surface area contributed by atoms with Gasteiger partial charge in [-0.25, -0.2) is 0 Å². The highest BCUT2D eigenvalue weighted by molar-refractivity contribution is 5.87. The number of Topliss-reactive ketones (excluding diaryl/α,β-unsaturated/α-hetero) is 1. The average Bonchev–Trinajstić information content (AvgIpc) is 1.97. The largest absolute Gasteiger partial charge is 0.300 e. The average molecular weight is 240 g/mol. The fourth-order valence-electron chi connectivity index (χ4n) is 1.85. The quantitative estimate of drug-likeness (QED) is 0.670. The summed E-state index contributed by atoms with van der Waals surface area (Å²) >= 11 is 0. The van der Waals surface area contributed by atoms with Gasteiger partial charge in [0.15, 0.2) is 5.78 Å². The number of carbonyl (C=O) groups is 2. The van der Waals surface area contributed by atoms with Gasteiger partial charge in [-0.05, 0) is 45.6 Å². The van der Waals surface area contributed by atoms with Crippen molar-refractivity contribution in [3.63, 3.8) is 0 Å². The van der Waals surface area contributed by atoms with Gasteiger partial charge in [-0.15, -0.1) is 0 Å². The van der Waals surface area contributed by atoms with E-state index >= 15 is 0 Å². The summed E-state index contributed by atoms with van der Waals surface area (Å²) in [5, 5.41) is 0. The Morgan fingerprint density at radius 1 is 1.06 bits per heavy atom. The molecule has 0 heterocycles. The van der Waals surface area contributed by atoms with Crippen molar-refractivity contribution in [1.82, 2.24) is 0 Å². The zero-order valence-corrected chi connectivity index (χ0v) is 12.5. The van der Waals surface area contributed by atoms with Gasteiger partial charge in [-0.2, -0.15) is 0 Å². The summed E-state index contributed by atoms with van der Waals surface area (Å²) < 4.78 is 0. The highest BCUT2D eigenvalue weighted by Gasteiger charge is 2.17. The minimum Gasteiger partial charge on any atom is -0.300 e. The predicted octanol–water partition coefficient (Wildman–Crippen LogP) is 4.33. The van der Waals surface area contributed by atoms with Crippen LogP contribution in [0.15, 0.2) is 11.6 Å². The van der Waals surface area contributed by atoms with Gasteiger partial charge in [0, 0.05) is 6.42 Å². The van der Waals surface area contributed by atoms with Crippen LogP contribution in [0.1, 0.15) is 67.7 Å². The maximum absolute atomic E-state index is 10.7. The van der Waals surface area contributed by atoms with Gasteiger partial charge in [0.25, 0.3) is 0 Å². The third kappa shape index (κ3) is 17.7. The van der Waals surface area contributed by atoms with Crippen LogP contribution in [-0.4, -0.2) is 11.6 Å². The molecule has 0 atom stereocenters. The first-order chi connectivity index (χ1) is 7.60. The standard InChI is InChI=1S/C9H18O.C6H10O/c1-5-6-9(3,4)7-8(2)10;1-5(2)4-6(3)7/h5-7H2,1-4H3;4H,1-3H3. The van der Waals surface area contributed by atoms with Crippen LogP contribution in [0, 0.1) is 5.41 Å². The lowest BCUT2D eigenvalue weighted by atomic mass is 9.83. The smallest absolute Gasteiger partial charge is 0.152 e. The molecule has 2 nitrogen and oxygen atoms in total. The molecular weight excluding hydrogens is 212 g/mol. The van der Waals surface area contributed by atoms with Crippen molar-refractivity contribution in [3.05, 3.63) is 11.6 Å². The number of allylic oxidation sites excluding steroid dienone is 2. The van der Waals surface area contributed by atoms with Crippen LogP contribution in [0.4, 0.5) is 0 Å². The molecule has 0 radical (unpaired) electrons. The molecule has 17 heavy (non-hydrogen) atoms. The molecule has 0 aliphatic carbocycles. The molecule has 0 aromatic heterocycles. The van der Waals surface area contributed by atoms with Crippen molar-refractivity contribution in [2.24, 2.45) is 5.41 Å². The van der Waals surface area contributed by atoms with Crippen molar-refractivity contribution in [2.75, 3.05) is 0 Å². The van der Waals surface area contributed by atoms with Gasteiger partial charge in [0.1, 0.15) is 5.78 Å². The number of hydrogen-bond acceptors (Lipinski definition) is 2. The topological polar surface area (TPSA) is 34.1 Å². The van der Waals surface area contributed by atoms with Crippen LogP contribution in [-0.2, 0) is 9.59 Å². The molecule has 0 rings (SSSR count). The summed E-state index contributed by atoms with van der Waals surface area (Å²) in [6.45, 7) is 13.5. The minimum atomic E-state index is 0.125. The maximum atomic E-state index is 10.7. The Hall–Kier alpha value is -0.920. The van der Waals surface area contributed by atoms with Gasteiger partial charge < -0.3 is 4.79 Å². The molecule has 100 valence electrons. The summed E-state index contributed by atoms with van der Waals surface area (Å²) in [4.78, 5) is 20.9. The normalized spacial score (nSPS) is 10.1. The van der Waals surface area contributed by atoms with Crippen molar-refractivity contribution in [1.29, 1.82) is 0 Å². The van der Waals surface area contributed by atoms with Crippen LogP contribution in [0.25, 0.3) is 0 Å². The molecule has 0 aromatic rings. The Kier molecular flexibility index (Phi) is 9.92. The van der Waals surface area contributed by atoms with E-state index in [4.69, 9.17) is 0 Å². The van der Waals surface area contributed by atoms with Gasteiger partial charge in [0.05, 0.1) is 0 Å². The number of hydrogen-bond donors (Lipinski definition) is 0. The van der Waals surface area contributed by atoms with Crippen LogP contribution in [0.2, 0.25) is 0 Å². The maximum Gasteiger partial charge on any atom is 0.152 e. The van der Waals surface area contributed by atoms with E-state index in [1.54, 1.807) is 19.9 Å². The second-order valence-corrected chi connectivity index (χ2v) is 5.63. The van der Waals surface area contributed by atoms with E-state index in [-0.39, 0.29) is 11.2 Å². The van der Waals surface area contributed by atoms with E-state index in [0.29, 0.717) is 5.78 Å². The van der Waals surface area contributed by atoms with Gasteiger partial charge in [-0.3, -0.25) is 4.79 Å². The molecule has 0 spiro atoms. The molecule has 0 aliphatic heterocycles. The zero-order chi connectivity index (χ0) is 14.1. The lowest BCUT2D eigenvalue weighted by Gasteiger charge is -2.21. The number of carbonyl (C=O) groups excluding carboxylic acids is 2. The first-order valence-electron chi connectivity index (χ1n) is 6.25. The highest BCUT2D eigenvalue weighted by Crippen LogP contribution is 2.26. The van der Waals surface area contributed by atoms with E-state index in [1.807, 2.05) is 13.8 Å². The molecule has 0 fully saturated rings. The van der Waals surface area contributed by atoms with Crippen LogP contribution in [0.5, 0.6) is 0 Å². The third-order valence-corrected chi connectivity index (χ3v) is 2.15. The lowest BCUT2D eigenvalue weighted by molar-refractivity contribution is -0.119. The third-order valence-electron chi connectivity index (χ3n) is 2.15. The molecule has 0 N–H and O–H groups in total. The summed E-state index contributed by atoms with van der Waals surface area (Å²) in [5.41, 5.74) is 1.29. The van der Waals surface area contributed by atoms with Crippen molar-refractivity contribution in [2.45, 2.75) is 67.7 Å². The molecule has 0 bridgehead atoms. The molecule has 0 amide bonds. The second-order valence-electron chi connectivity index (χ2n) is 5.63. The fourth-order valence-corrected chi connectivity index (χ4v) is 1.85. The molecular formula is C15H28O2.